The molecule has 1 saturated heterocycles. The summed E-state index contributed by atoms with van der Waals surface area (Å²) in [6.07, 6.45) is 1.37. The van der Waals surface area contributed by atoms with Gasteiger partial charge in [0.2, 0.25) is 11.8 Å². The molecule has 2 aromatic carbocycles. The number of para-hydroxylation sites is 1. The smallest absolute Gasteiger partial charge is 0.243 e. The number of nitrogens with zero attached hydrogens (tertiary/aromatic N) is 1. The Labute approximate surface area is 154 Å². The summed E-state index contributed by atoms with van der Waals surface area (Å²) in [5, 5.41) is 2.81. The number of nitrogens with one attached hydrogen (secondary N) is 1. The molecule has 1 aliphatic rings. The fraction of sp³-hybridized carbons (Fsp3) is 0.333. The minimum absolute atomic E-state index is 0.0196. The molecular weight excluding hydrogens is 328 g/mol. The first kappa shape index (κ1) is 18.1. The first-order valence-corrected chi connectivity index (χ1v) is 8.91. The summed E-state index contributed by atoms with van der Waals surface area (Å²) in [5.41, 5.74) is 1.73. The summed E-state index contributed by atoms with van der Waals surface area (Å²) < 4.78 is 5.90. The van der Waals surface area contributed by atoms with Crippen molar-refractivity contribution in [2.24, 2.45) is 5.92 Å². The third-order valence-electron chi connectivity index (χ3n) is 4.58. The highest BCUT2D eigenvalue weighted by Gasteiger charge is 2.35. The molecule has 0 radical (unpaired) electrons. The maximum absolute atomic E-state index is 12.9. The Kier molecular flexibility index (Phi) is 6.02. The molecule has 0 unspecified atom stereocenters. The summed E-state index contributed by atoms with van der Waals surface area (Å²) in [7, 11) is 1.67. The van der Waals surface area contributed by atoms with Crippen LogP contribution in [0.1, 0.15) is 24.5 Å². The summed E-state index contributed by atoms with van der Waals surface area (Å²) in [6, 6.07) is 19.1. The van der Waals surface area contributed by atoms with Gasteiger partial charge in [0.25, 0.3) is 0 Å². The fourth-order valence-electron chi connectivity index (χ4n) is 3.30. The summed E-state index contributed by atoms with van der Waals surface area (Å²) in [4.78, 5) is 26.7. The van der Waals surface area contributed by atoms with E-state index in [9.17, 15) is 9.59 Å². The molecule has 2 atom stereocenters. The van der Waals surface area contributed by atoms with Gasteiger partial charge in [-0.1, -0.05) is 48.5 Å². The zero-order chi connectivity index (χ0) is 18.4. The Bertz CT molecular complexity index is 733. The predicted molar refractivity (Wildman–Crippen MR) is 101 cm³/mol. The van der Waals surface area contributed by atoms with Crippen LogP contribution in [0.2, 0.25) is 0 Å². The van der Waals surface area contributed by atoms with E-state index in [1.54, 1.807) is 7.05 Å². The summed E-state index contributed by atoms with van der Waals surface area (Å²) in [6.45, 7) is 0.674. The lowest BCUT2D eigenvalue weighted by Crippen LogP contribution is -2.42. The third kappa shape index (κ3) is 4.49. The van der Waals surface area contributed by atoms with Gasteiger partial charge in [-0.05, 0) is 30.5 Å². The second-order valence-electron chi connectivity index (χ2n) is 6.56. The number of carbonyl (C=O) groups is 2. The minimum atomic E-state index is -0.263. The molecule has 5 nitrogen and oxygen atoms in total. The number of rotatable bonds is 5. The monoisotopic (exact) mass is 352 g/mol. The SMILES string of the molecule is CN(CC(=O)Nc1ccccc1)C(=O)[C@H]1CCCO[C@@H]1c1ccccc1. The van der Waals surface area contributed by atoms with Crippen LogP contribution in [-0.4, -0.2) is 36.9 Å². The molecule has 1 fully saturated rings. The van der Waals surface area contributed by atoms with E-state index >= 15 is 0 Å². The molecule has 0 saturated carbocycles. The van der Waals surface area contributed by atoms with Crippen molar-refractivity contribution in [1.29, 1.82) is 0 Å². The van der Waals surface area contributed by atoms with E-state index in [2.05, 4.69) is 5.32 Å². The van der Waals surface area contributed by atoms with Crippen molar-refractivity contribution >= 4 is 17.5 Å². The van der Waals surface area contributed by atoms with E-state index in [4.69, 9.17) is 4.74 Å². The molecule has 1 aliphatic heterocycles. The van der Waals surface area contributed by atoms with Crippen LogP contribution >= 0.6 is 0 Å². The lowest BCUT2D eigenvalue weighted by Gasteiger charge is -2.33. The van der Waals surface area contributed by atoms with Crippen molar-refractivity contribution in [2.75, 3.05) is 25.5 Å². The molecule has 0 aliphatic carbocycles. The topological polar surface area (TPSA) is 58.6 Å². The van der Waals surface area contributed by atoms with Gasteiger partial charge in [0, 0.05) is 19.3 Å². The second kappa shape index (κ2) is 8.63. The van der Waals surface area contributed by atoms with Crippen molar-refractivity contribution in [2.45, 2.75) is 18.9 Å². The molecule has 1 N–H and O–H groups in total. The summed E-state index contributed by atoms with van der Waals surface area (Å²) >= 11 is 0. The molecule has 3 rings (SSSR count). The Morgan fingerprint density at radius 2 is 1.73 bits per heavy atom. The molecule has 136 valence electrons. The lowest BCUT2D eigenvalue weighted by molar-refractivity contribution is -0.145. The van der Waals surface area contributed by atoms with Crippen molar-refractivity contribution in [3.8, 4) is 0 Å². The van der Waals surface area contributed by atoms with Crippen molar-refractivity contribution in [3.63, 3.8) is 0 Å². The van der Waals surface area contributed by atoms with Gasteiger partial charge in [0.05, 0.1) is 18.6 Å². The van der Waals surface area contributed by atoms with Crippen LogP contribution < -0.4 is 5.32 Å². The van der Waals surface area contributed by atoms with E-state index in [1.807, 2.05) is 60.7 Å². The Morgan fingerprint density at radius 1 is 1.08 bits per heavy atom. The Hall–Kier alpha value is -2.66. The van der Waals surface area contributed by atoms with Gasteiger partial charge in [-0.25, -0.2) is 0 Å². The maximum Gasteiger partial charge on any atom is 0.243 e. The molecule has 0 bridgehead atoms. The van der Waals surface area contributed by atoms with Gasteiger partial charge in [0.1, 0.15) is 0 Å². The zero-order valence-electron chi connectivity index (χ0n) is 14.9. The molecular formula is C21H24N2O3. The Morgan fingerprint density at radius 3 is 2.42 bits per heavy atom. The van der Waals surface area contributed by atoms with E-state index in [-0.39, 0.29) is 30.4 Å². The summed E-state index contributed by atoms with van der Waals surface area (Å²) in [5.74, 6) is -0.525. The number of likely N-dealkylation sites (N-methyl/N-ethyl adjacent to an activating group) is 1. The van der Waals surface area contributed by atoms with E-state index in [0.717, 1.165) is 24.1 Å². The standard InChI is InChI=1S/C21H24N2O3/c1-23(15-19(24)22-17-11-6-3-7-12-17)21(25)18-13-8-14-26-20(18)16-9-4-2-5-10-16/h2-7,9-12,18,20H,8,13-15H2,1H3,(H,22,24)/t18-,20+/m0/s1. The van der Waals surface area contributed by atoms with Crippen molar-refractivity contribution < 1.29 is 14.3 Å². The number of hydrogen-bond donors (Lipinski definition) is 1. The highest BCUT2D eigenvalue weighted by Crippen LogP contribution is 2.34. The fourth-order valence-corrected chi connectivity index (χ4v) is 3.30. The maximum atomic E-state index is 12.9. The van der Waals surface area contributed by atoms with Crippen LogP contribution in [0.4, 0.5) is 5.69 Å². The van der Waals surface area contributed by atoms with E-state index < -0.39 is 0 Å². The first-order chi connectivity index (χ1) is 12.6. The number of hydrogen-bond acceptors (Lipinski definition) is 3. The zero-order valence-corrected chi connectivity index (χ0v) is 14.9. The lowest BCUT2D eigenvalue weighted by atomic mass is 9.88. The van der Waals surface area contributed by atoms with E-state index in [0.29, 0.717) is 6.61 Å². The Balaban J connectivity index is 1.63. The van der Waals surface area contributed by atoms with Gasteiger partial charge in [-0.15, -0.1) is 0 Å². The van der Waals surface area contributed by atoms with Crippen molar-refractivity contribution in [3.05, 3.63) is 66.2 Å². The molecule has 0 aromatic heterocycles. The van der Waals surface area contributed by atoms with Gasteiger partial charge in [-0.2, -0.15) is 0 Å². The molecule has 2 amide bonds. The normalized spacial score (nSPS) is 19.6. The number of anilines is 1. The van der Waals surface area contributed by atoms with E-state index in [1.165, 1.54) is 4.90 Å². The van der Waals surface area contributed by atoms with Crippen LogP contribution in [0.25, 0.3) is 0 Å². The predicted octanol–water partition coefficient (Wildman–Crippen LogP) is 3.25. The van der Waals surface area contributed by atoms with Crippen LogP contribution in [0, 0.1) is 5.92 Å². The molecule has 5 heteroatoms. The van der Waals surface area contributed by atoms with Gasteiger partial charge in [-0.3, -0.25) is 9.59 Å². The first-order valence-electron chi connectivity index (χ1n) is 8.91. The van der Waals surface area contributed by atoms with Crippen molar-refractivity contribution in [1.82, 2.24) is 4.90 Å². The highest BCUT2D eigenvalue weighted by atomic mass is 16.5. The quantitative estimate of drug-likeness (QED) is 0.899. The number of ether oxygens (including phenoxy) is 1. The number of amides is 2. The average Bonchev–Trinajstić information content (AvgIpc) is 2.68. The van der Waals surface area contributed by atoms with Gasteiger partial charge >= 0.3 is 0 Å². The highest BCUT2D eigenvalue weighted by molar-refractivity contribution is 5.94. The third-order valence-corrected chi connectivity index (χ3v) is 4.58. The molecule has 1 heterocycles. The van der Waals surface area contributed by atoms with Crippen LogP contribution in [0.15, 0.2) is 60.7 Å². The molecule has 26 heavy (non-hydrogen) atoms. The van der Waals surface area contributed by atoms with Crippen LogP contribution in [0.3, 0.4) is 0 Å². The second-order valence-corrected chi connectivity index (χ2v) is 6.56. The number of benzene rings is 2. The van der Waals surface area contributed by atoms with Gasteiger partial charge < -0.3 is 15.0 Å². The molecule has 0 spiro atoms. The number of carbonyl (C=O) groups excluding carboxylic acids is 2. The molecule has 2 aromatic rings. The van der Waals surface area contributed by atoms with Gasteiger partial charge in [0.15, 0.2) is 0 Å². The van der Waals surface area contributed by atoms with Crippen LogP contribution in [-0.2, 0) is 14.3 Å². The average molecular weight is 352 g/mol. The largest absolute Gasteiger partial charge is 0.373 e. The van der Waals surface area contributed by atoms with Crippen LogP contribution in [0.5, 0.6) is 0 Å². The minimum Gasteiger partial charge on any atom is -0.373 e.